The zero-order chi connectivity index (χ0) is 23.7. The van der Waals surface area contributed by atoms with Crippen LogP contribution in [0.5, 0.6) is 0 Å². The highest BCUT2D eigenvalue weighted by Gasteiger charge is 2.54. The van der Waals surface area contributed by atoms with Crippen molar-refractivity contribution in [1.29, 1.82) is 0 Å². The minimum absolute atomic E-state index is 0.0862. The van der Waals surface area contributed by atoms with Crippen molar-refractivity contribution in [2.24, 2.45) is 46.8 Å². The van der Waals surface area contributed by atoms with Crippen LogP contribution in [0.4, 0.5) is 0 Å². The maximum Gasteiger partial charge on any atom is 0.0621 e. The molecule has 0 saturated heterocycles. The second-order valence-electron chi connectivity index (χ2n) is 13.5. The fraction of sp³-hybridized carbons (Fsp3) is 1.00. The summed E-state index contributed by atoms with van der Waals surface area (Å²) >= 11 is 0. The van der Waals surface area contributed by atoms with Crippen molar-refractivity contribution in [3.8, 4) is 0 Å². The van der Waals surface area contributed by atoms with Crippen LogP contribution in [0.3, 0.4) is 0 Å². The van der Waals surface area contributed by atoms with Gasteiger partial charge in [0.25, 0.3) is 0 Å². The summed E-state index contributed by atoms with van der Waals surface area (Å²) in [5.41, 5.74) is -0.244. The van der Waals surface area contributed by atoms with Gasteiger partial charge in [-0.25, -0.2) is 0 Å². The SMILES string of the molecule is CC(C)CCCC(C)C1CCC2C1CCC(C1(C)CCC(OC(C)(C)C)C[C@H]1O)C2CO. The maximum atomic E-state index is 11.3. The maximum absolute atomic E-state index is 11.3. The Morgan fingerprint density at radius 2 is 1.66 bits per heavy atom. The van der Waals surface area contributed by atoms with Gasteiger partial charge in [-0.2, -0.15) is 0 Å². The quantitative estimate of drug-likeness (QED) is 0.425. The molecule has 0 spiro atoms. The van der Waals surface area contributed by atoms with Gasteiger partial charge >= 0.3 is 0 Å². The lowest BCUT2D eigenvalue weighted by Gasteiger charge is -2.54. The van der Waals surface area contributed by atoms with Crippen LogP contribution in [0.15, 0.2) is 0 Å². The van der Waals surface area contributed by atoms with E-state index in [1.807, 2.05) is 0 Å². The van der Waals surface area contributed by atoms with Gasteiger partial charge in [-0.3, -0.25) is 0 Å². The number of aliphatic hydroxyl groups is 2. The third-order valence-electron chi connectivity index (χ3n) is 9.81. The van der Waals surface area contributed by atoms with Gasteiger partial charge in [0, 0.05) is 13.0 Å². The summed E-state index contributed by atoms with van der Waals surface area (Å²) in [7, 11) is 0. The molecule has 0 aromatic heterocycles. The second-order valence-corrected chi connectivity index (χ2v) is 13.5. The molecule has 3 fully saturated rings. The molecule has 3 heteroatoms. The van der Waals surface area contributed by atoms with Crippen LogP contribution in [0.2, 0.25) is 0 Å². The molecule has 188 valence electrons. The first-order valence-electron chi connectivity index (χ1n) is 13.9. The zero-order valence-corrected chi connectivity index (χ0v) is 22.3. The largest absolute Gasteiger partial charge is 0.396 e. The first-order valence-corrected chi connectivity index (χ1v) is 13.9. The molecule has 0 aromatic rings. The molecule has 3 aliphatic rings. The van der Waals surface area contributed by atoms with E-state index in [1.54, 1.807) is 0 Å². The van der Waals surface area contributed by atoms with E-state index in [0.717, 1.165) is 42.9 Å². The molecule has 2 N–H and O–H groups in total. The highest BCUT2D eigenvalue weighted by molar-refractivity contribution is 5.03. The van der Waals surface area contributed by atoms with Crippen LogP contribution in [0.25, 0.3) is 0 Å². The summed E-state index contributed by atoms with van der Waals surface area (Å²) < 4.78 is 6.23. The second kappa shape index (κ2) is 10.6. The molecule has 3 nitrogen and oxygen atoms in total. The average molecular weight is 451 g/mol. The minimum Gasteiger partial charge on any atom is -0.396 e. The van der Waals surface area contributed by atoms with Crippen molar-refractivity contribution in [3.05, 3.63) is 0 Å². The van der Waals surface area contributed by atoms with Gasteiger partial charge in [0.15, 0.2) is 0 Å². The van der Waals surface area contributed by atoms with Crippen LogP contribution in [0.1, 0.15) is 113 Å². The summed E-state index contributed by atoms with van der Waals surface area (Å²) in [6, 6.07) is 0. The molecular weight excluding hydrogens is 396 g/mol. The Morgan fingerprint density at radius 1 is 0.969 bits per heavy atom. The molecule has 0 aromatic carbocycles. The van der Waals surface area contributed by atoms with Crippen molar-refractivity contribution < 1.29 is 14.9 Å². The summed E-state index contributed by atoms with van der Waals surface area (Å²) in [5, 5.41) is 21.9. The molecule has 0 bridgehead atoms. The third kappa shape index (κ3) is 5.92. The van der Waals surface area contributed by atoms with E-state index in [9.17, 15) is 10.2 Å². The Balaban J connectivity index is 1.64. The van der Waals surface area contributed by atoms with Crippen molar-refractivity contribution in [2.75, 3.05) is 6.61 Å². The van der Waals surface area contributed by atoms with Crippen LogP contribution >= 0.6 is 0 Å². The number of fused-ring (bicyclic) bond motifs is 1. The summed E-state index contributed by atoms with van der Waals surface area (Å²) in [6.07, 6.45) is 11.8. The van der Waals surface area contributed by atoms with Gasteiger partial charge in [-0.05, 0) is 106 Å². The summed E-state index contributed by atoms with van der Waals surface area (Å²) in [6.45, 7) is 16.1. The first-order chi connectivity index (χ1) is 15.0. The average Bonchev–Trinajstić information content (AvgIpc) is 3.13. The summed E-state index contributed by atoms with van der Waals surface area (Å²) in [5.74, 6) is 4.71. The van der Waals surface area contributed by atoms with Gasteiger partial charge in [0.1, 0.15) is 0 Å². The molecule has 0 radical (unpaired) electrons. The first kappa shape index (κ1) is 26.5. The van der Waals surface area contributed by atoms with Crippen LogP contribution in [-0.4, -0.2) is 34.6 Å². The van der Waals surface area contributed by atoms with Gasteiger partial charge < -0.3 is 14.9 Å². The Morgan fingerprint density at radius 3 is 2.25 bits per heavy atom. The molecule has 3 aliphatic carbocycles. The van der Waals surface area contributed by atoms with Crippen LogP contribution in [0, 0.1) is 46.8 Å². The van der Waals surface area contributed by atoms with E-state index < -0.39 is 0 Å². The fourth-order valence-electron chi connectivity index (χ4n) is 8.14. The molecule has 32 heavy (non-hydrogen) atoms. The number of aliphatic hydroxyl groups excluding tert-OH is 2. The van der Waals surface area contributed by atoms with Gasteiger partial charge in [0.2, 0.25) is 0 Å². The monoisotopic (exact) mass is 450 g/mol. The Bertz CT molecular complexity index is 581. The lowest BCUT2D eigenvalue weighted by atomic mass is 9.53. The van der Waals surface area contributed by atoms with Gasteiger partial charge in [-0.15, -0.1) is 0 Å². The highest BCUT2D eigenvalue weighted by atomic mass is 16.5. The molecule has 0 amide bonds. The smallest absolute Gasteiger partial charge is 0.0621 e. The van der Waals surface area contributed by atoms with Crippen molar-refractivity contribution >= 4 is 0 Å². The van der Waals surface area contributed by atoms with E-state index in [4.69, 9.17) is 4.74 Å². The molecule has 0 heterocycles. The zero-order valence-electron chi connectivity index (χ0n) is 22.3. The van der Waals surface area contributed by atoms with E-state index >= 15 is 0 Å². The minimum atomic E-state index is -0.327. The number of hydrogen-bond acceptors (Lipinski definition) is 3. The van der Waals surface area contributed by atoms with E-state index in [0.29, 0.717) is 24.4 Å². The van der Waals surface area contributed by atoms with Gasteiger partial charge in [-0.1, -0.05) is 47.0 Å². The number of ether oxygens (including phenoxy) is 1. The van der Waals surface area contributed by atoms with E-state index in [1.165, 1.54) is 44.9 Å². The molecule has 0 aliphatic heterocycles. The fourth-order valence-corrected chi connectivity index (χ4v) is 8.14. The topological polar surface area (TPSA) is 49.7 Å². The predicted octanol–water partition coefficient (Wildman–Crippen LogP) is 6.84. The Hall–Kier alpha value is -0.120. The van der Waals surface area contributed by atoms with E-state index in [-0.39, 0.29) is 23.2 Å². The summed E-state index contributed by atoms with van der Waals surface area (Å²) in [4.78, 5) is 0. The third-order valence-corrected chi connectivity index (χ3v) is 9.81. The molecule has 3 rings (SSSR count). The molecule has 9 atom stereocenters. The normalized spacial score (nSPS) is 41.6. The lowest BCUT2D eigenvalue weighted by molar-refractivity contribution is -0.154. The highest BCUT2D eigenvalue weighted by Crippen LogP contribution is 2.59. The molecule has 8 unspecified atom stereocenters. The number of rotatable bonds is 8. The van der Waals surface area contributed by atoms with Crippen molar-refractivity contribution in [3.63, 3.8) is 0 Å². The lowest BCUT2D eigenvalue weighted by Crippen LogP contribution is -2.52. The van der Waals surface area contributed by atoms with Crippen molar-refractivity contribution in [2.45, 2.75) is 130 Å². The standard InChI is InChI=1S/C29H54O3/c1-19(2)9-8-10-20(3)22-11-12-24-23(22)13-14-26(25(24)18-30)29(7)16-15-21(17-27(29)31)32-28(4,5)6/h19-27,30-31H,8-18H2,1-7H3/t20?,21?,22?,23?,24?,25?,26?,27-,29?/m1/s1. The van der Waals surface area contributed by atoms with Crippen molar-refractivity contribution in [1.82, 2.24) is 0 Å². The van der Waals surface area contributed by atoms with E-state index in [2.05, 4.69) is 48.5 Å². The Kier molecular flexibility index (Phi) is 8.81. The Labute approximate surface area is 199 Å². The predicted molar refractivity (Wildman–Crippen MR) is 133 cm³/mol. The van der Waals surface area contributed by atoms with Gasteiger partial charge in [0.05, 0.1) is 17.8 Å². The van der Waals surface area contributed by atoms with Crippen LogP contribution in [-0.2, 0) is 4.74 Å². The number of hydrogen-bond donors (Lipinski definition) is 2. The molecule has 3 saturated carbocycles. The van der Waals surface area contributed by atoms with Crippen LogP contribution < -0.4 is 0 Å². The molecular formula is C29H54O3.